The Kier molecular flexibility index (Phi) is 7.79. The molecule has 9 nitrogen and oxygen atoms in total. The van der Waals surface area contributed by atoms with Crippen LogP contribution in [0.4, 0.5) is 5.82 Å². The van der Waals surface area contributed by atoms with E-state index in [-0.39, 0.29) is 10.8 Å². The number of sulfonamides is 1. The van der Waals surface area contributed by atoms with Gasteiger partial charge in [0, 0.05) is 57.4 Å². The first-order valence-corrected chi connectivity index (χ1v) is 13.2. The Morgan fingerprint density at radius 2 is 1.88 bits per heavy atom. The Morgan fingerprint density at radius 3 is 2.65 bits per heavy atom. The van der Waals surface area contributed by atoms with Crippen LogP contribution in [0.5, 0.6) is 0 Å². The lowest BCUT2D eigenvalue weighted by Crippen LogP contribution is -2.44. The van der Waals surface area contributed by atoms with Crippen molar-refractivity contribution in [3.8, 4) is 0 Å². The van der Waals surface area contributed by atoms with Crippen molar-refractivity contribution in [2.75, 3.05) is 44.7 Å². The Hall–Kier alpha value is -2.98. The van der Waals surface area contributed by atoms with E-state index >= 15 is 0 Å². The van der Waals surface area contributed by atoms with Crippen LogP contribution in [0.2, 0.25) is 0 Å². The summed E-state index contributed by atoms with van der Waals surface area (Å²) in [6, 6.07) is 10.9. The van der Waals surface area contributed by atoms with Gasteiger partial charge in [-0.3, -0.25) is 14.5 Å². The third-order valence-corrected chi connectivity index (χ3v) is 7.52. The van der Waals surface area contributed by atoms with Gasteiger partial charge in [0.2, 0.25) is 5.91 Å². The zero-order valence-corrected chi connectivity index (χ0v) is 20.4. The van der Waals surface area contributed by atoms with Crippen LogP contribution in [0.1, 0.15) is 36.8 Å². The minimum atomic E-state index is -3.50. The van der Waals surface area contributed by atoms with Gasteiger partial charge in [-0.1, -0.05) is 24.6 Å². The molecule has 0 bridgehead atoms. The summed E-state index contributed by atoms with van der Waals surface area (Å²) in [5, 5.41) is 2.96. The summed E-state index contributed by atoms with van der Waals surface area (Å²) in [6.45, 7) is 5.03. The quantitative estimate of drug-likeness (QED) is 0.525. The van der Waals surface area contributed by atoms with Crippen LogP contribution in [0.15, 0.2) is 52.5 Å². The lowest BCUT2D eigenvalue weighted by atomic mass is 10.1. The molecule has 3 heterocycles. The number of pyridine rings is 1. The summed E-state index contributed by atoms with van der Waals surface area (Å²) >= 11 is 0. The highest BCUT2D eigenvalue weighted by molar-refractivity contribution is 7.90. The van der Waals surface area contributed by atoms with E-state index in [0.29, 0.717) is 30.9 Å². The van der Waals surface area contributed by atoms with Gasteiger partial charge in [0.25, 0.3) is 10.0 Å². The largest absolute Gasteiger partial charge is 0.354 e. The van der Waals surface area contributed by atoms with Crippen molar-refractivity contribution >= 4 is 27.6 Å². The minimum Gasteiger partial charge on any atom is -0.354 e. The number of nitrogens with zero attached hydrogens (tertiary/aromatic N) is 4. The zero-order chi connectivity index (χ0) is 24.0. The van der Waals surface area contributed by atoms with Crippen LogP contribution in [0.3, 0.4) is 0 Å². The van der Waals surface area contributed by atoms with Crippen LogP contribution in [0.25, 0.3) is 0 Å². The number of hydrogen-bond acceptors (Lipinski definition) is 7. The second-order valence-electron chi connectivity index (χ2n) is 8.73. The Bertz CT molecular complexity index is 1130. The molecular formula is C24H32N6O3S. The lowest BCUT2D eigenvalue weighted by Gasteiger charge is -2.33. The number of anilines is 1. The van der Waals surface area contributed by atoms with Crippen LogP contribution in [-0.2, 0) is 21.4 Å². The average molecular weight is 485 g/mol. The number of carbonyl (C=O) groups is 1. The average Bonchev–Trinajstić information content (AvgIpc) is 3.11. The summed E-state index contributed by atoms with van der Waals surface area (Å²) in [6.07, 6.45) is 4.69. The third kappa shape index (κ3) is 6.12. The van der Waals surface area contributed by atoms with Crippen molar-refractivity contribution in [3.05, 3.63) is 53.7 Å². The summed E-state index contributed by atoms with van der Waals surface area (Å²) in [5.74, 6) is 1.41. The highest BCUT2D eigenvalue weighted by atomic mass is 32.2. The topological polar surface area (TPSA) is 107 Å². The van der Waals surface area contributed by atoms with Crippen molar-refractivity contribution in [3.63, 3.8) is 0 Å². The minimum absolute atomic E-state index is 0.0203. The molecule has 1 aromatic carbocycles. The monoisotopic (exact) mass is 484 g/mol. The number of likely N-dealkylation sites (N-methyl/N-ethyl adjacent to an activating group) is 1. The van der Waals surface area contributed by atoms with Crippen molar-refractivity contribution in [2.24, 2.45) is 4.99 Å². The van der Waals surface area contributed by atoms with Crippen LogP contribution in [-0.4, -0.2) is 69.8 Å². The smallest absolute Gasteiger partial charge is 0.263 e. The van der Waals surface area contributed by atoms with E-state index in [9.17, 15) is 13.2 Å². The van der Waals surface area contributed by atoms with Gasteiger partial charge in [-0.15, -0.1) is 0 Å². The Morgan fingerprint density at radius 1 is 1.09 bits per heavy atom. The molecule has 1 aromatic heterocycles. The van der Waals surface area contributed by atoms with Crippen molar-refractivity contribution in [1.29, 1.82) is 0 Å². The van der Waals surface area contributed by atoms with Gasteiger partial charge < -0.3 is 15.1 Å². The normalized spacial score (nSPS) is 18.5. The number of carbonyl (C=O) groups excluding carboxylic acids is 1. The van der Waals surface area contributed by atoms with E-state index in [1.54, 1.807) is 24.3 Å². The van der Waals surface area contributed by atoms with Crippen LogP contribution < -0.4 is 14.9 Å². The predicted molar refractivity (Wildman–Crippen MR) is 132 cm³/mol. The lowest BCUT2D eigenvalue weighted by molar-refractivity contribution is -0.121. The number of aliphatic imine (C=N–C) groups is 1. The first-order chi connectivity index (χ1) is 16.4. The highest BCUT2D eigenvalue weighted by Gasteiger charge is 2.29. The second kappa shape index (κ2) is 11.0. The molecule has 1 fully saturated rings. The molecule has 0 aliphatic carbocycles. The predicted octanol–water partition coefficient (Wildman–Crippen LogP) is 1.75. The number of aromatic nitrogens is 1. The molecule has 2 aliphatic heterocycles. The number of fused-ring (bicyclic) bond motifs is 1. The number of unbranched alkanes of at least 4 members (excludes halogenated alkanes) is 2. The summed E-state index contributed by atoms with van der Waals surface area (Å²) in [7, 11) is -1.36. The van der Waals surface area contributed by atoms with Gasteiger partial charge >= 0.3 is 0 Å². The molecule has 0 spiro atoms. The van der Waals surface area contributed by atoms with Gasteiger partial charge in [-0.05, 0) is 43.7 Å². The number of amides is 1. The van der Waals surface area contributed by atoms with E-state index in [1.165, 1.54) is 0 Å². The molecule has 4 rings (SSSR count). The van der Waals surface area contributed by atoms with E-state index in [0.717, 1.165) is 56.8 Å². The van der Waals surface area contributed by atoms with Gasteiger partial charge in [-0.25, -0.2) is 13.4 Å². The number of benzene rings is 1. The molecule has 2 aromatic rings. The zero-order valence-electron chi connectivity index (χ0n) is 19.5. The SMILES string of the molecule is CN1CCN(c2ccc(CNC(=O)CCCCCN=C3NS(=O)(=O)c4ccccc43)cn2)CC1. The first-order valence-electron chi connectivity index (χ1n) is 11.7. The maximum absolute atomic E-state index is 12.2. The molecule has 1 saturated heterocycles. The van der Waals surface area contributed by atoms with E-state index in [1.807, 2.05) is 18.3 Å². The molecule has 0 radical (unpaired) electrons. The number of nitrogens with one attached hydrogen (secondary N) is 2. The number of hydrogen-bond donors (Lipinski definition) is 2. The third-order valence-electron chi connectivity index (χ3n) is 6.12. The highest BCUT2D eigenvalue weighted by Crippen LogP contribution is 2.22. The van der Waals surface area contributed by atoms with E-state index in [2.05, 4.69) is 36.9 Å². The maximum Gasteiger partial charge on any atom is 0.263 e. The fourth-order valence-corrected chi connectivity index (χ4v) is 5.30. The van der Waals surface area contributed by atoms with Gasteiger partial charge in [-0.2, -0.15) is 0 Å². The van der Waals surface area contributed by atoms with E-state index in [4.69, 9.17) is 0 Å². The maximum atomic E-state index is 12.2. The number of rotatable bonds is 9. The van der Waals surface area contributed by atoms with Crippen molar-refractivity contribution in [2.45, 2.75) is 37.1 Å². The molecule has 1 amide bonds. The fourth-order valence-electron chi connectivity index (χ4n) is 4.05. The molecule has 0 atom stereocenters. The molecule has 10 heteroatoms. The number of piperazine rings is 1. The molecule has 2 aliphatic rings. The van der Waals surface area contributed by atoms with Crippen LogP contribution in [0, 0.1) is 0 Å². The van der Waals surface area contributed by atoms with Gasteiger partial charge in [0.1, 0.15) is 11.7 Å². The number of amidine groups is 1. The molecule has 2 N–H and O–H groups in total. The summed E-state index contributed by atoms with van der Waals surface area (Å²) < 4.78 is 26.7. The summed E-state index contributed by atoms with van der Waals surface area (Å²) in [5.41, 5.74) is 1.61. The Balaban J connectivity index is 1.12. The van der Waals surface area contributed by atoms with Gasteiger partial charge in [0.15, 0.2) is 0 Å². The van der Waals surface area contributed by atoms with Gasteiger partial charge in [0.05, 0.1) is 4.90 Å². The van der Waals surface area contributed by atoms with Crippen molar-refractivity contribution < 1.29 is 13.2 Å². The Labute approximate surface area is 201 Å². The summed E-state index contributed by atoms with van der Waals surface area (Å²) in [4.78, 5) is 26.0. The molecule has 0 saturated carbocycles. The molecular weight excluding hydrogens is 452 g/mol. The molecule has 0 unspecified atom stereocenters. The van der Waals surface area contributed by atoms with E-state index < -0.39 is 10.0 Å². The van der Waals surface area contributed by atoms with Crippen LogP contribution >= 0.6 is 0 Å². The first kappa shape index (κ1) is 24.2. The molecule has 34 heavy (non-hydrogen) atoms. The molecule has 182 valence electrons. The van der Waals surface area contributed by atoms with Crippen molar-refractivity contribution in [1.82, 2.24) is 19.9 Å². The standard InChI is InChI=1S/C24H32N6O3S/c1-29-13-15-30(16-14-29)22-11-10-19(17-26-22)18-27-23(31)9-3-2-6-12-25-24-20-7-4-5-8-21(20)34(32,33)28-24/h4-5,7-8,10-11,17H,2-3,6,9,12-16,18H2,1H3,(H,25,28)(H,27,31). The fraction of sp³-hybridized carbons (Fsp3) is 0.458. The second-order valence-corrected chi connectivity index (χ2v) is 10.4.